The molecule has 2 amide bonds. The van der Waals surface area contributed by atoms with Crippen LogP contribution in [-0.2, 0) is 4.79 Å². The minimum absolute atomic E-state index is 0.109. The number of nitrogens with zero attached hydrogens (tertiary/aromatic N) is 1. The molecule has 1 aromatic carbocycles. The Bertz CT molecular complexity index is 457. The molecule has 0 saturated heterocycles. The summed E-state index contributed by atoms with van der Waals surface area (Å²) in [7, 11) is 0. The monoisotopic (exact) mass is 236 g/mol. The van der Waals surface area contributed by atoms with Crippen molar-refractivity contribution in [2.24, 2.45) is 0 Å². The van der Waals surface area contributed by atoms with E-state index in [0.29, 0.717) is 6.42 Å². The van der Waals surface area contributed by atoms with E-state index in [1.807, 2.05) is 0 Å². The van der Waals surface area contributed by atoms with Gasteiger partial charge in [0.05, 0.1) is 4.92 Å². The van der Waals surface area contributed by atoms with Crippen molar-refractivity contribution in [3.8, 4) is 0 Å². The number of hydrogen-bond acceptors (Lipinski definition) is 4. The highest BCUT2D eigenvalue weighted by molar-refractivity contribution is 6.06. The maximum absolute atomic E-state index is 11.6. The van der Waals surface area contributed by atoms with Crippen LogP contribution in [0, 0.1) is 10.1 Å². The second kappa shape index (κ2) is 5.74. The van der Waals surface area contributed by atoms with Crippen LogP contribution in [-0.4, -0.2) is 16.7 Å². The zero-order chi connectivity index (χ0) is 12.8. The molecule has 6 heteroatoms. The fraction of sp³-hybridized carbons (Fsp3) is 0.273. The molecule has 0 saturated carbocycles. The Morgan fingerprint density at radius 2 is 2.00 bits per heavy atom. The first-order valence-corrected chi connectivity index (χ1v) is 5.14. The van der Waals surface area contributed by atoms with Crippen molar-refractivity contribution in [2.75, 3.05) is 0 Å². The van der Waals surface area contributed by atoms with Crippen LogP contribution in [0.2, 0.25) is 0 Å². The number of amides is 2. The van der Waals surface area contributed by atoms with Crippen LogP contribution in [0.3, 0.4) is 0 Å². The summed E-state index contributed by atoms with van der Waals surface area (Å²) in [5.41, 5.74) is -0.420. The maximum Gasteiger partial charge on any atom is 0.282 e. The van der Waals surface area contributed by atoms with E-state index >= 15 is 0 Å². The van der Waals surface area contributed by atoms with Gasteiger partial charge in [-0.3, -0.25) is 25.0 Å². The summed E-state index contributed by atoms with van der Waals surface area (Å²) >= 11 is 0. The van der Waals surface area contributed by atoms with E-state index < -0.39 is 16.7 Å². The number of para-hydroxylation sites is 1. The number of nitrogens with one attached hydrogen (secondary N) is 1. The minimum atomic E-state index is -0.740. The van der Waals surface area contributed by atoms with Gasteiger partial charge in [0.25, 0.3) is 11.6 Å². The molecule has 0 spiro atoms. The lowest BCUT2D eigenvalue weighted by Crippen LogP contribution is -2.30. The molecule has 17 heavy (non-hydrogen) atoms. The zero-order valence-corrected chi connectivity index (χ0v) is 9.30. The van der Waals surface area contributed by atoms with Crippen molar-refractivity contribution >= 4 is 17.5 Å². The van der Waals surface area contributed by atoms with Crippen LogP contribution in [0.15, 0.2) is 24.3 Å². The molecule has 6 nitrogen and oxygen atoms in total. The Hall–Kier alpha value is -2.24. The van der Waals surface area contributed by atoms with Gasteiger partial charge < -0.3 is 0 Å². The van der Waals surface area contributed by atoms with Gasteiger partial charge in [0.15, 0.2) is 0 Å². The molecule has 0 aromatic heterocycles. The Labute approximate surface area is 97.8 Å². The first-order chi connectivity index (χ1) is 8.06. The maximum atomic E-state index is 11.6. The van der Waals surface area contributed by atoms with Gasteiger partial charge in [-0.25, -0.2) is 0 Å². The van der Waals surface area contributed by atoms with E-state index in [1.165, 1.54) is 24.3 Å². The largest absolute Gasteiger partial charge is 0.292 e. The lowest BCUT2D eigenvalue weighted by Gasteiger charge is -2.03. The summed E-state index contributed by atoms with van der Waals surface area (Å²) in [4.78, 5) is 32.8. The van der Waals surface area contributed by atoms with Gasteiger partial charge in [0.2, 0.25) is 5.91 Å². The number of carbonyl (C=O) groups excluding carboxylic acids is 2. The van der Waals surface area contributed by atoms with Gasteiger partial charge in [-0.1, -0.05) is 19.1 Å². The Kier molecular flexibility index (Phi) is 4.33. The number of carbonyl (C=O) groups is 2. The predicted octanol–water partition coefficient (Wildman–Crippen LogP) is 1.65. The van der Waals surface area contributed by atoms with Gasteiger partial charge in [-0.15, -0.1) is 0 Å². The molecule has 0 bridgehead atoms. The first kappa shape index (κ1) is 12.8. The molecule has 0 aliphatic heterocycles. The minimum Gasteiger partial charge on any atom is -0.292 e. The highest BCUT2D eigenvalue weighted by atomic mass is 16.6. The number of rotatable bonds is 4. The third-order valence-electron chi connectivity index (χ3n) is 2.08. The molecule has 0 heterocycles. The van der Waals surface area contributed by atoms with Gasteiger partial charge in [0.1, 0.15) is 5.56 Å². The van der Waals surface area contributed by atoms with Gasteiger partial charge >= 0.3 is 0 Å². The van der Waals surface area contributed by atoms with E-state index in [2.05, 4.69) is 5.32 Å². The summed E-state index contributed by atoms with van der Waals surface area (Å²) in [5.74, 6) is -1.17. The Morgan fingerprint density at radius 1 is 1.35 bits per heavy atom. The molecular weight excluding hydrogens is 224 g/mol. The third-order valence-corrected chi connectivity index (χ3v) is 2.08. The topological polar surface area (TPSA) is 89.3 Å². The number of imide groups is 1. The van der Waals surface area contributed by atoms with Crippen LogP contribution in [0.4, 0.5) is 5.69 Å². The second-order valence-corrected chi connectivity index (χ2v) is 3.40. The van der Waals surface area contributed by atoms with Crippen LogP contribution < -0.4 is 5.32 Å². The lowest BCUT2D eigenvalue weighted by molar-refractivity contribution is -0.385. The summed E-state index contributed by atoms with van der Waals surface area (Å²) in [6.07, 6.45) is 0.822. The van der Waals surface area contributed by atoms with Crippen LogP contribution >= 0.6 is 0 Å². The smallest absolute Gasteiger partial charge is 0.282 e. The van der Waals surface area contributed by atoms with Gasteiger partial charge in [0, 0.05) is 12.5 Å². The van der Waals surface area contributed by atoms with Crippen molar-refractivity contribution in [3.05, 3.63) is 39.9 Å². The van der Waals surface area contributed by atoms with E-state index in [1.54, 1.807) is 6.92 Å². The van der Waals surface area contributed by atoms with Crippen LogP contribution in [0.1, 0.15) is 30.1 Å². The van der Waals surface area contributed by atoms with E-state index in [0.717, 1.165) is 0 Å². The van der Waals surface area contributed by atoms with Crippen molar-refractivity contribution in [1.29, 1.82) is 0 Å². The second-order valence-electron chi connectivity index (χ2n) is 3.40. The van der Waals surface area contributed by atoms with E-state index in [9.17, 15) is 19.7 Å². The summed E-state index contributed by atoms with van der Waals surface area (Å²) in [6.45, 7) is 1.80. The van der Waals surface area contributed by atoms with Crippen molar-refractivity contribution in [1.82, 2.24) is 5.32 Å². The molecule has 1 rings (SSSR count). The number of nitro benzene ring substituents is 1. The molecule has 90 valence electrons. The van der Waals surface area contributed by atoms with Crippen molar-refractivity contribution in [2.45, 2.75) is 19.8 Å². The molecule has 1 aromatic rings. The fourth-order valence-electron chi connectivity index (χ4n) is 1.31. The Morgan fingerprint density at radius 3 is 2.59 bits per heavy atom. The van der Waals surface area contributed by atoms with Crippen LogP contribution in [0.25, 0.3) is 0 Å². The SMILES string of the molecule is CCCC(=O)NC(=O)c1ccccc1[N+](=O)[O-]. The van der Waals surface area contributed by atoms with Crippen molar-refractivity contribution < 1.29 is 14.5 Å². The molecule has 0 aliphatic rings. The molecule has 0 fully saturated rings. The molecule has 0 atom stereocenters. The highest BCUT2D eigenvalue weighted by Crippen LogP contribution is 2.17. The van der Waals surface area contributed by atoms with Crippen molar-refractivity contribution in [3.63, 3.8) is 0 Å². The Balaban J connectivity index is 2.89. The summed E-state index contributed by atoms with van der Waals surface area (Å²) in [6, 6.07) is 5.50. The molecule has 0 aliphatic carbocycles. The first-order valence-electron chi connectivity index (χ1n) is 5.14. The van der Waals surface area contributed by atoms with E-state index in [-0.39, 0.29) is 17.7 Å². The normalized spacial score (nSPS) is 9.71. The highest BCUT2D eigenvalue weighted by Gasteiger charge is 2.20. The lowest BCUT2D eigenvalue weighted by atomic mass is 10.1. The number of nitro groups is 1. The quantitative estimate of drug-likeness (QED) is 0.635. The van der Waals surface area contributed by atoms with Gasteiger partial charge in [-0.05, 0) is 12.5 Å². The molecule has 1 N–H and O–H groups in total. The fourth-order valence-corrected chi connectivity index (χ4v) is 1.31. The van der Waals surface area contributed by atoms with Gasteiger partial charge in [-0.2, -0.15) is 0 Å². The average Bonchev–Trinajstić information content (AvgIpc) is 2.29. The third kappa shape index (κ3) is 3.37. The standard InChI is InChI=1S/C11H12N2O4/c1-2-5-10(14)12-11(15)8-6-3-4-7-9(8)13(16)17/h3-4,6-7H,2,5H2,1H3,(H,12,14,15). The molecule has 0 radical (unpaired) electrons. The summed E-state index contributed by atoms with van der Waals surface area (Å²) in [5, 5.41) is 12.8. The molecule has 0 unspecified atom stereocenters. The molecular formula is C11H12N2O4. The van der Waals surface area contributed by atoms with E-state index in [4.69, 9.17) is 0 Å². The number of hydrogen-bond donors (Lipinski definition) is 1. The predicted molar refractivity (Wildman–Crippen MR) is 60.5 cm³/mol. The number of benzene rings is 1. The zero-order valence-electron chi connectivity index (χ0n) is 9.30. The average molecular weight is 236 g/mol. The summed E-state index contributed by atoms with van der Waals surface area (Å²) < 4.78 is 0. The van der Waals surface area contributed by atoms with Crippen LogP contribution in [0.5, 0.6) is 0 Å².